The Morgan fingerprint density at radius 3 is 2.36 bits per heavy atom. The van der Waals surface area contributed by atoms with Crippen LogP contribution in [0.4, 0.5) is 0 Å². The van der Waals surface area contributed by atoms with E-state index in [0.29, 0.717) is 0 Å². The Morgan fingerprint density at radius 1 is 0.818 bits per heavy atom. The molecule has 0 saturated heterocycles. The van der Waals surface area contributed by atoms with Gasteiger partial charge in [0.25, 0.3) is 0 Å². The number of hydrogen-bond acceptors (Lipinski definition) is 0. The molecule has 0 aromatic heterocycles. The van der Waals surface area contributed by atoms with Gasteiger partial charge in [0, 0.05) is 12.3 Å². The Hall–Kier alpha value is -0.0400. The molecule has 0 unspecified atom stereocenters. The molecule has 0 aliphatic heterocycles. The number of quaternary nitrogens is 1. The van der Waals surface area contributed by atoms with E-state index in [0.717, 1.165) is 29.7 Å². The fraction of sp³-hybridized carbons (Fsp3) is 1.00. The number of rotatable bonds is 0. The summed E-state index contributed by atoms with van der Waals surface area (Å²) >= 11 is 0. The normalized spacial score (nSPS) is 60.3. The van der Waals surface area contributed by atoms with Crippen molar-refractivity contribution in [3.8, 4) is 0 Å². The molecule has 62 valence electrons. The molecular formula is C10H18N+. The molecule has 0 heterocycles. The zero-order chi connectivity index (χ0) is 7.42. The van der Waals surface area contributed by atoms with Gasteiger partial charge in [-0.2, -0.15) is 0 Å². The van der Waals surface area contributed by atoms with E-state index in [1.54, 1.807) is 19.3 Å². The Balaban J connectivity index is 1.94. The van der Waals surface area contributed by atoms with Gasteiger partial charge in [-0.3, -0.25) is 0 Å². The fourth-order valence-electron chi connectivity index (χ4n) is 4.11. The van der Waals surface area contributed by atoms with Gasteiger partial charge >= 0.3 is 0 Å². The summed E-state index contributed by atoms with van der Waals surface area (Å²) in [6, 6.07) is 0.825. The van der Waals surface area contributed by atoms with Crippen molar-refractivity contribution in [3.63, 3.8) is 0 Å². The van der Waals surface area contributed by atoms with E-state index in [4.69, 9.17) is 0 Å². The summed E-state index contributed by atoms with van der Waals surface area (Å²) in [5, 5.41) is 0. The van der Waals surface area contributed by atoms with Gasteiger partial charge < -0.3 is 5.73 Å². The second-order valence-corrected chi connectivity index (χ2v) is 5.09. The Kier molecular flexibility index (Phi) is 1.18. The highest BCUT2D eigenvalue weighted by Crippen LogP contribution is 2.54. The van der Waals surface area contributed by atoms with E-state index in [-0.39, 0.29) is 0 Å². The van der Waals surface area contributed by atoms with Crippen LogP contribution in [0.1, 0.15) is 32.1 Å². The Bertz CT molecular complexity index is 173. The zero-order valence-corrected chi connectivity index (χ0v) is 7.13. The van der Waals surface area contributed by atoms with E-state index in [1.807, 2.05) is 0 Å². The monoisotopic (exact) mass is 152 g/mol. The molecule has 3 bridgehead atoms. The number of hydrogen-bond donors (Lipinski definition) is 1. The lowest BCUT2D eigenvalue weighted by atomic mass is 9.70. The maximum Gasteiger partial charge on any atom is 0.0877 e. The maximum absolute atomic E-state index is 4.32. The molecule has 0 radical (unpaired) electrons. The van der Waals surface area contributed by atoms with Crippen LogP contribution in [0.2, 0.25) is 0 Å². The van der Waals surface area contributed by atoms with Crippen LogP contribution in [0.15, 0.2) is 0 Å². The van der Waals surface area contributed by atoms with Gasteiger partial charge in [0.1, 0.15) is 0 Å². The van der Waals surface area contributed by atoms with Crippen molar-refractivity contribution >= 4 is 0 Å². The maximum atomic E-state index is 4.32. The van der Waals surface area contributed by atoms with Crippen LogP contribution in [-0.2, 0) is 0 Å². The van der Waals surface area contributed by atoms with Gasteiger partial charge in [0.2, 0.25) is 0 Å². The van der Waals surface area contributed by atoms with Gasteiger partial charge in [0.05, 0.1) is 6.04 Å². The van der Waals surface area contributed by atoms with Crippen LogP contribution >= 0.6 is 0 Å². The minimum absolute atomic E-state index is 0.825. The summed E-state index contributed by atoms with van der Waals surface area (Å²) in [5.74, 6) is 4.35. The first-order valence-corrected chi connectivity index (χ1v) is 5.16. The first-order valence-electron chi connectivity index (χ1n) is 5.16. The average molecular weight is 152 g/mol. The average Bonchev–Trinajstić information content (AvgIpc) is 2.19. The highest BCUT2D eigenvalue weighted by Gasteiger charge is 2.49. The van der Waals surface area contributed by atoms with Crippen molar-refractivity contribution in [3.05, 3.63) is 0 Å². The van der Waals surface area contributed by atoms with Gasteiger partial charge in [0.15, 0.2) is 0 Å². The van der Waals surface area contributed by atoms with Crippen molar-refractivity contribution in [2.75, 3.05) is 0 Å². The van der Waals surface area contributed by atoms with E-state index in [9.17, 15) is 0 Å². The molecule has 0 amide bonds. The van der Waals surface area contributed by atoms with Gasteiger partial charge in [-0.15, -0.1) is 0 Å². The Labute approximate surface area is 68.3 Å². The largest absolute Gasteiger partial charge is 0.355 e. The van der Waals surface area contributed by atoms with E-state index in [1.165, 1.54) is 12.8 Å². The summed E-state index contributed by atoms with van der Waals surface area (Å²) in [7, 11) is 0. The predicted octanol–water partition coefficient (Wildman–Crippen LogP) is 1.05. The Morgan fingerprint density at radius 2 is 1.55 bits per heavy atom. The smallest absolute Gasteiger partial charge is 0.0877 e. The third kappa shape index (κ3) is 0.807. The first kappa shape index (κ1) is 6.47. The lowest BCUT2D eigenvalue weighted by Crippen LogP contribution is -2.66. The zero-order valence-electron chi connectivity index (χ0n) is 7.13. The van der Waals surface area contributed by atoms with Crippen LogP contribution in [0.3, 0.4) is 0 Å². The summed E-state index contributed by atoms with van der Waals surface area (Å²) in [6.07, 6.45) is 7.67. The topological polar surface area (TPSA) is 27.6 Å². The molecule has 0 aromatic carbocycles. The standard InChI is InChI=1S/C10H17N/c11-10-5-7-1-6-2-8(3-7)9(10)4-6/h6-10H,1-5,11H2/p+1/t6-,7+,8+,9-,10+/m1/s1. The molecule has 5 atom stereocenters. The van der Waals surface area contributed by atoms with Gasteiger partial charge in [-0.1, -0.05) is 0 Å². The van der Waals surface area contributed by atoms with Crippen molar-refractivity contribution in [1.29, 1.82) is 0 Å². The van der Waals surface area contributed by atoms with E-state index in [2.05, 4.69) is 5.73 Å². The lowest BCUT2D eigenvalue weighted by Gasteiger charge is -2.35. The predicted molar refractivity (Wildman–Crippen MR) is 43.7 cm³/mol. The molecule has 3 rings (SSSR count). The van der Waals surface area contributed by atoms with Gasteiger partial charge in [-0.25, -0.2) is 0 Å². The lowest BCUT2D eigenvalue weighted by molar-refractivity contribution is -0.442. The minimum Gasteiger partial charge on any atom is -0.355 e. The first-order chi connectivity index (χ1) is 5.33. The summed E-state index contributed by atoms with van der Waals surface area (Å²) in [4.78, 5) is 0. The minimum atomic E-state index is 0.825. The molecule has 3 aliphatic rings. The third-order valence-electron chi connectivity index (χ3n) is 4.39. The molecule has 3 N–H and O–H groups in total. The third-order valence-corrected chi connectivity index (χ3v) is 4.39. The highest BCUT2D eigenvalue weighted by atomic mass is 14.7. The van der Waals surface area contributed by atoms with Crippen LogP contribution < -0.4 is 5.73 Å². The van der Waals surface area contributed by atoms with Crippen molar-refractivity contribution in [1.82, 2.24) is 0 Å². The van der Waals surface area contributed by atoms with Gasteiger partial charge in [-0.05, 0) is 43.4 Å². The summed E-state index contributed by atoms with van der Waals surface area (Å²) < 4.78 is 0. The number of fused-ring (bicyclic) bond motifs is 2. The van der Waals surface area contributed by atoms with Crippen molar-refractivity contribution in [2.24, 2.45) is 23.7 Å². The molecule has 3 saturated carbocycles. The second kappa shape index (κ2) is 2.01. The van der Waals surface area contributed by atoms with Crippen LogP contribution in [-0.4, -0.2) is 6.04 Å². The van der Waals surface area contributed by atoms with E-state index < -0.39 is 0 Å². The van der Waals surface area contributed by atoms with Crippen molar-refractivity contribution < 1.29 is 5.73 Å². The molecule has 1 heteroatoms. The summed E-state index contributed by atoms with van der Waals surface area (Å²) in [6.45, 7) is 0. The quantitative estimate of drug-likeness (QED) is 0.537. The second-order valence-electron chi connectivity index (χ2n) is 5.09. The van der Waals surface area contributed by atoms with E-state index >= 15 is 0 Å². The summed E-state index contributed by atoms with van der Waals surface area (Å²) in [5.41, 5.74) is 4.32. The molecular weight excluding hydrogens is 134 g/mol. The molecule has 3 aliphatic carbocycles. The SMILES string of the molecule is [NH3+][C@H]1C[C@H]2C[C@@H]3C[C@@H](C2)[C@H]1C3. The molecule has 3 fully saturated rings. The molecule has 0 aromatic rings. The van der Waals surface area contributed by atoms with Crippen LogP contribution in [0, 0.1) is 23.7 Å². The van der Waals surface area contributed by atoms with Crippen molar-refractivity contribution in [2.45, 2.75) is 38.1 Å². The molecule has 1 nitrogen and oxygen atoms in total. The molecule has 11 heavy (non-hydrogen) atoms. The van der Waals surface area contributed by atoms with Crippen LogP contribution in [0.25, 0.3) is 0 Å². The van der Waals surface area contributed by atoms with Crippen LogP contribution in [0.5, 0.6) is 0 Å². The fourth-order valence-corrected chi connectivity index (χ4v) is 4.11. The highest BCUT2D eigenvalue weighted by molar-refractivity contribution is 4.98. The molecule has 0 spiro atoms.